The second-order valence-electron chi connectivity index (χ2n) is 3.74. The Balaban J connectivity index is 2.39. The molecule has 0 amide bonds. The number of nitrogens with one attached hydrogen (secondary N) is 1. The zero-order chi connectivity index (χ0) is 14.0. The maximum Gasteiger partial charge on any atom is 0.417 e. The summed E-state index contributed by atoms with van der Waals surface area (Å²) in [4.78, 5) is 4.00. The Kier molecular flexibility index (Phi) is 3.91. The highest BCUT2D eigenvalue weighted by molar-refractivity contribution is 9.10. The van der Waals surface area contributed by atoms with Crippen molar-refractivity contribution < 1.29 is 17.7 Å². The molecule has 102 valence electrons. The monoisotopic (exact) mass is 335 g/mol. The first-order valence-corrected chi connectivity index (χ1v) is 6.05. The molecule has 0 radical (unpaired) electrons. The van der Waals surface area contributed by atoms with Gasteiger partial charge in [0.15, 0.2) is 5.82 Å². The molecule has 1 aromatic carbocycles. The first-order chi connectivity index (χ1) is 8.91. The van der Waals surface area contributed by atoms with E-state index in [1.165, 1.54) is 12.1 Å². The molecule has 2 aromatic rings. The van der Waals surface area contributed by atoms with Crippen LogP contribution < -0.4 is 5.32 Å². The first kappa shape index (κ1) is 14.0. The van der Waals surface area contributed by atoms with Crippen LogP contribution in [-0.4, -0.2) is 17.2 Å². The zero-order valence-corrected chi connectivity index (χ0v) is 11.3. The molecule has 4 nitrogen and oxygen atoms in total. The van der Waals surface area contributed by atoms with Crippen LogP contribution >= 0.6 is 15.9 Å². The van der Waals surface area contributed by atoms with E-state index in [4.69, 9.17) is 4.52 Å². The smallest absolute Gasteiger partial charge is 0.334 e. The van der Waals surface area contributed by atoms with Crippen LogP contribution in [0.4, 0.5) is 13.2 Å². The lowest BCUT2D eigenvalue weighted by Gasteiger charge is -2.09. The molecule has 0 aliphatic heterocycles. The molecular formula is C11H9BrF3N3O. The highest BCUT2D eigenvalue weighted by Crippen LogP contribution is 2.37. The van der Waals surface area contributed by atoms with Crippen LogP contribution in [0.15, 0.2) is 27.2 Å². The van der Waals surface area contributed by atoms with E-state index in [9.17, 15) is 13.2 Å². The molecule has 2 rings (SSSR count). The Morgan fingerprint density at radius 3 is 2.74 bits per heavy atom. The third-order valence-electron chi connectivity index (χ3n) is 2.32. The lowest BCUT2D eigenvalue weighted by atomic mass is 10.1. The van der Waals surface area contributed by atoms with Crippen LogP contribution in [0.3, 0.4) is 0 Å². The number of halogens is 4. The van der Waals surface area contributed by atoms with Crippen molar-refractivity contribution in [3.63, 3.8) is 0 Å². The van der Waals surface area contributed by atoms with Gasteiger partial charge in [0.25, 0.3) is 5.89 Å². The van der Waals surface area contributed by atoms with Crippen molar-refractivity contribution in [3.05, 3.63) is 34.1 Å². The molecule has 1 heterocycles. The fourth-order valence-corrected chi connectivity index (χ4v) is 1.95. The topological polar surface area (TPSA) is 51.0 Å². The van der Waals surface area contributed by atoms with Crippen LogP contribution in [0.5, 0.6) is 0 Å². The summed E-state index contributed by atoms with van der Waals surface area (Å²) in [7, 11) is 1.71. The van der Waals surface area contributed by atoms with E-state index in [0.717, 1.165) is 6.07 Å². The SMILES string of the molecule is CNCc1noc(-c2ccc(Br)c(C(F)(F)F)c2)n1. The normalized spacial score (nSPS) is 11.8. The summed E-state index contributed by atoms with van der Waals surface area (Å²) < 4.78 is 43.2. The van der Waals surface area contributed by atoms with Gasteiger partial charge in [-0.1, -0.05) is 21.1 Å². The molecule has 19 heavy (non-hydrogen) atoms. The van der Waals surface area contributed by atoms with E-state index in [1.54, 1.807) is 7.05 Å². The van der Waals surface area contributed by atoms with Crippen molar-refractivity contribution in [2.24, 2.45) is 0 Å². The molecule has 1 aromatic heterocycles. The van der Waals surface area contributed by atoms with Gasteiger partial charge in [0.05, 0.1) is 12.1 Å². The van der Waals surface area contributed by atoms with Crippen LogP contribution in [0.1, 0.15) is 11.4 Å². The van der Waals surface area contributed by atoms with E-state index in [2.05, 4.69) is 31.4 Å². The first-order valence-electron chi connectivity index (χ1n) is 5.26. The summed E-state index contributed by atoms with van der Waals surface area (Å²) in [5, 5.41) is 6.48. The predicted octanol–water partition coefficient (Wildman–Crippen LogP) is 3.24. The Hall–Kier alpha value is -1.41. The Morgan fingerprint density at radius 1 is 1.37 bits per heavy atom. The molecule has 0 unspecified atom stereocenters. The number of rotatable bonds is 3. The minimum Gasteiger partial charge on any atom is -0.334 e. The maximum absolute atomic E-state index is 12.8. The second-order valence-corrected chi connectivity index (χ2v) is 4.59. The second kappa shape index (κ2) is 5.30. The molecule has 0 aliphatic rings. The van der Waals surface area contributed by atoms with E-state index in [-0.39, 0.29) is 15.9 Å². The van der Waals surface area contributed by atoms with Gasteiger partial charge in [0.1, 0.15) is 0 Å². The Morgan fingerprint density at radius 2 is 2.11 bits per heavy atom. The zero-order valence-electron chi connectivity index (χ0n) is 9.75. The van der Waals surface area contributed by atoms with Crippen molar-refractivity contribution >= 4 is 15.9 Å². The van der Waals surface area contributed by atoms with Gasteiger partial charge in [-0.3, -0.25) is 0 Å². The molecule has 0 aliphatic carbocycles. The third-order valence-corrected chi connectivity index (χ3v) is 3.01. The quantitative estimate of drug-likeness (QED) is 0.935. The Labute approximate surface area is 115 Å². The van der Waals surface area contributed by atoms with Crippen molar-refractivity contribution in [2.75, 3.05) is 7.05 Å². The summed E-state index contributed by atoms with van der Waals surface area (Å²) in [6, 6.07) is 3.76. The van der Waals surface area contributed by atoms with Gasteiger partial charge in [-0.15, -0.1) is 0 Å². The minimum absolute atomic E-state index is 0.0290. The maximum atomic E-state index is 12.8. The van der Waals surface area contributed by atoms with Crippen LogP contribution in [0.25, 0.3) is 11.5 Å². The largest absolute Gasteiger partial charge is 0.417 e. The number of hydrogen-bond acceptors (Lipinski definition) is 4. The lowest BCUT2D eigenvalue weighted by molar-refractivity contribution is -0.138. The molecule has 0 saturated carbocycles. The van der Waals surface area contributed by atoms with E-state index in [1.807, 2.05) is 0 Å². The fraction of sp³-hybridized carbons (Fsp3) is 0.273. The number of aromatic nitrogens is 2. The number of nitrogens with zero attached hydrogens (tertiary/aromatic N) is 2. The van der Waals surface area contributed by atoms with Gasteiger partial charge in [-0.25, -0.2) is 0 Å². The highest BCUT2D eigenvalue weighted by atomic mass is 79.9. The molecule has 0 saturated heterocycles. The summed E-state index contributed by atoms with van der Waals surface area (Å²) in [5.41, 5.74) is -0.552. The molecule has 8 heteroatoms. The highest BCUT2D eigenvalue weighted by Gasteiger charge is 2.33. The molecular weight excluding hydrogens is 327 g/mol. The minimum atomic E-state index is -4.44. The molecule has 1 N–H and O–H groups in total. The van der Waals surface area contributed by atoms with Gasteiger partial charge in [0, 0.05) is 10.0 Å². The van der Waals surface area contributed by atoms with Crippen LogP contribution in [0, 0.1) is 0 Å². The van der Waals surface area contributed by atoms with Gasteiger partial charge in [-0.2, -0.15) is 18.2 Å². The van der Waals surface area contributed by atoms with Crippen molar-refractivity contribution in [1.82, 2.24) is 15.5 Å². The molecule has 0 bridgehead atoms. The van der Waals surface area contributed by atoms with Crippen LogP contribution in [0.2, 0.25) is 0 Å². The van der Waals surface area contributed by atoms with Crippen molar-refractivity contribution in [1.29, 1.82) is 0 Å². The number of hydrogen-bond donors (Lipinski definition) is 1. The fourth-order valence-electron chi connectivity index (χ4n) is 1.48. The average Bonchev–Trinajstić information content (AvgIpc) is 2.77. The number of benzene rings is 1. The third kappa shape index (κ3) is 3.13. The lowest BCUT2D eigenvalue weighted by Crippen LogP contribution is -2.06. The van der Waals surface area contributed by atoms with E-state index < -0.39 is 11.7 Å². The van der Waals surface area contributed by atoms with Crippen molar-refractivity contribution in [2.45, 2.75) is 12.7 Å². The summed E-state index contributed by atoms with van der Waals surface area (Å²) >= 11 is 2.87. The molecule has 0 spiro atoms. The van der Waals surface area contributed by atoms with Crippen molar-refractivity contribution in [3.8, 4) is 11.5 Å². The standard InChI is InChI=1S/C11H9BrF3N3O/c1-16-5-9-17-10(19-18-9)6-2-3-8(12)7(4-6)11(13,14)15/h2-4,16H,5H2,1H3. The molecule has 0 fully saturated rings. The van der Waals surface area contributed by atoms with E-state index >= 15 is 0 Å². The summed E-state index contributed by atoms with van der Waals surface area (Å²) in [5.74, 6) is 0.442. The van der Waals surface area contributed by atoms with Crippen LogP contribution in [-0.2, 0) is 12.7 Å². The van der Waals surface area contributed by atoms with E-state index in [0.29, 0.717) is 12.4 Å². The number of alkyl halides is 3. The Bertz CT molecular complexity index is 583. The summed E-state index contributed by atoms with van der Waals surface area (Å²) in [6.45, 7) is 0.381. The van der Waals surface area contributed by atoms with Gasteiger partial charge in [0.2, 0.25) is 0 Å². The average molecular weight is 336 g/mol. The van der Waals surface area contributed by atoms with Gasteiger partial charge >= 0.3 is 6.18 Å². The summed E-state index contributed by atoms with van der Waals surface area (Å²) in [6.07, 6.45) is -4.44. The van der Waals surface area contributed by atoms with Gasteiger partial charge < -0.3 is 9.84 Å². The molecule has 0 atom stereocenters. The van der Waals surface area contributed by atoms with Gasteiger partial charge in [-0.05, 0) is 25.2 Å². The predicted molar refractivity (Wildman–Crippen MR) is 65.2 cm³/mol.